The van der Waals surface area contributed by atoms with Gasteiger partial charge in [0, 0.05) is 17.5 Å². The highest BCUT2D eigenvalue weighted by molar-refractivity contribution is 9.10. The molecular formula is C13H12BrF3N2S. The second kappa shape index (κ2) is 5.81. The summed E-state index contributed by atoms with van der Waals surface area (Å²) in [7, 11) is 1.79. The van der Waals surface area contributed by atoms with Gasteiger partial charge < -0.3 is 0 Å². The van der Waals surface area contributed by atoms with Crippen molar-refractivity contribution < 1.29 is 13.2 Å². The highest BCUT2D eigenvalue weighted by Gasteiger charge is 2.27. The number of hydrogen-bond donors (Lipinski definition) is 0. The largest absolute Gasteiger partial charge is 0.398 e. The molecule has 2 nitrogen and oxygen atoms in total. The van der Waals surface area contributed by atoms with E-state index in [1.165, 1.54) is 0 Å². The Morgan fingerprint density at radius 1 is 1.30 bits per heavy atom. The first-order valence-electron chi connectivity index (χ1n) is 5.76. The van der Waals surface area contributed by atoms with Gasteiger partial charge in [0.15, 0.2) is 0 Å². The van der Waals surface area contributed by atoms with Gasteiger partial charge in [-0.3, -0.25) is 4.68 Å². The minimum atomic E-state index is -4.16. The average Bonchev–Trinajstić information content (AvgIpc) is 2.66. The number of alkyl halides is 3. The summed E-state index contributed by atoms with van der Waals surface area (Å²) in [5, 5.41) is 4.17. The Hall–Kier alpha value is -0.950. The molecule has 0 fully saturated rings. The van der Waals surface area contributed by atoms with Crippen LogP contribution < -0.4 is 0 Å². The van der Waals surface area contributed by atoms with Crippen molar-refractivity contribution in [3.8, 4) is 11.3 Å². The van der Waals surface area contributed by atoms with Crippen LogP contribution in [0.1, 0.15) is 5.56 Å². The van der Waals surface area contributed by atoms with Gasteiger partial charge in [0.25, 0.3) is 0 Å². The first kappa shape index (κ1) is 15.4. The minimum absolute atomic E-state index is 0.636. The van der Waals surface area contributed by atoms with Gasteiger partial charge in [-0.1, -0.05) is 12.1 Å². The second-order valence-corrected chi connectivity index (χ2v) is 6.19. The van der Waals surface area contributed by atoms with E-state index in [9.17, 15) is 13.2 Å². The number of halogens is 4. The number of hydrogen-bond acceptors (Lipinski definition) is 2. The lowest BCUT2D eigenvalue weighted by atomic mass is 10.1. The van der Waals surface area contributed by atoms with E-state index in [0.29, 0.717) is 9.50 Å². The number of benzene rings is 1. The van der Waals surface area contributed by atoms with E-state index in [1.807, 2.05) is 25.1 Å². The molecule has 0 N–H and O–H groups in total. The highest BCUT2D eigenvalue weighted by atomic mass is 79.9. The van der Waals surface area contributed by atoms with Gasteiger partial charge >= 0.3 is 6.18 Å². The summed E-state index contributed by atoms with van der Waals surface area (Å²) in [6.07, 6.45) is -4.16. The number of aromatic nitrogens is 2. The van der Waals surface area contributed by atoms with Gasteiger partial charge in [-0.25, -0.2) is 0 Å². The van der Waals surface area contributed by atoms with Gasteiger partial charge in [0.2, 0.25) is 0 Å². The fourth-order valence-electron chi connectivity index (χ4n) is 1.78. The third-order valence-electron chi connectivity index (χ3n) is 2.73. The molecular weight excluding hydrogens is 353 g/mol. The molecule has 0 aliphatic rings. The summed E-state index contributed by atoms with van der Waals surface area (Å²) in [5.41, 5.74) is 2.54. The summed E-state index contributed by atoms with van der Waals surface area (Å²) >= 11 is 4.09. The molecule has 1 heterocycles. The van der Waals surface area contributed by atoms with E-state index in [0.717, 1.165) is 28.6 Å². The van der Waals surface area contributed by atoms with Crippen LogP contribution in [-0.4, -0.2) is 21.7 Å². The summed E-state index contributed by atoms with van der Waals surface area (Å²) < 4.78 is 39.4. The minimum Gasteiger partial charge on any atom is -0.267 e. The molecule has 2 rings (SSSR count). The normalized spacial score (nSPS) is 11.9. The molecule has 0 saturated carbocycles. The quantitative estimate of drug-likeness (QED) is 0.727. The molecule has 0 atom stereocenters. The summed E-state index contributed by atoms with van der Waals surface area (Å²) in [6, 6.07) is 7.32. The third-order valence-corrected chi connectivity index (χ3v) is 4.34. The fourth-order valence-corrected chi connectivity index (χ4v) is 3.06. The number of aryl methyl sites for hydroxylation is 2. The lowest BCUT2D eigenvalue weighted by Gasteiger charge is -2.10. The Labute approximate surface area is 127 Å². The van der Waals surface area contributed by atoms with Crippen molar-refractivity contribution in [2.75, 3.05) is 5.75 Å². The highest BCUT2D eigenvalue weighted by Crippen LogP contribution is 2.33. The van der Waals surface area contributed by atoms with Crippen molar-refractivity contribution in [1.82, 2.24) is 9.78 Å². The summed E-state index contributed by atoms with van der Waals surface area (Å²) in [6.45, 7) is 1.81. The molecule has 1 aromatic carbocycles. The van der Waals surface area contributed by atoms with Gasteiger partial charge in [-0.05, 0) is 40.5 Å². The lowest BCUT2D eigenvalue weighted by Crippen LogP contribution is -2.10. The molecule has 2 aromatic rings. The Bertz CT molecular complexity index is 623. The first-order valence-corrected chi connectivity index (χ1v) is 7.54. The van der Waals surface area contributed by atoms with Crippen LogP contribution in [-0.2, 0) is 7.05 Å². The molecule has 0 radical (unpaired) electrons. The van der Waals surface area contributed by atoms with Crippen LogP contribution in [0.5, 0.6) is 0 Å². The molecule has 0 bridgehead atoms. The predicted octanol–water partition coefficient (Wildman–Crippen LogP) is 4.81. The summed E-state index contributed by atoms with van der Waals surface area (Å²) in [4.78, 5) is 0.636. The monoisotopic (exact) mass is 364 g/mol. The fraction of sp³-hybridized carbons (Fsp3) is 0.308. The van der Waals surface area contributed by atoms with Crippen molar-refractivity contribution in [3.05, 3.63) is 34.4 Å². The van der Waals surface area contributed by atoms with Crippen LogP contribution in [0.3, 0.4) is 0 Å². The molecule has 0 saturated heterocycles. The zero-order valence-electron chi connectivity index (χ0n) is 10.8. The van der Waals surface area contributed by atoms with Gasteiger partial charge in [0.05, 0.1) is 11.4 Å². The zero-order chi connectivity index (χ0) is 14.9. The van der Waals surface area contributed by atoms with E-state index in [2.05, 4.69) is 21.0 Å². The maximum Gasteiger partial charge on any atom is 0.398 e. The molecule has 0 aliphatic carbocycles. The molecule has 0 spiro atoms. The second-order valence-electron chi connectivity index (χ2n) is 4.36. The van der Waals surface area contributed by atoms with E-state index < -0.39 is 11.9 Å². The molecule has 108 valence electrons. The number of nitrogens with zero attached hydrogens (tertiary/aromatic N) is 2. The maximum atomic E-state index is 12.3. The van der Waals surface area contributed by atoms with Gasteiger partial charge in [-0.2, -0.15) is 18.3 Å². The summed E-state index contributed by atoms with van der Waals surface area (Å²) in [5.74, 6) is -0.883. The zero-order valence-corrected chi connectivity index (χ0v) is 13.2. The molecule has 1 aromatic heterocycles. The Balaban J connectivity index is 2.31. The van der Waals surface area contributed by atoms with Crippen molar-refractivity contribution >= 4 is 27.7 Å². The smallest absolute Gasteiger partial charge is 0.267 e. The third kappa shape index (κ3) is 3.79. The van der Waals surface area contributed by atoms with Crippen LogP contribution in [0.2, 0.25) is 0 Å². The number of rotatable bonds is 3. The van der Waals surface area contributed by atoms with Crippen LogP contribution >= 0.6 is 27.7 Å². The molecule has 20 heavy (non-hydrogen) atoms. The molecule has 7 heteroatoms. The molecule has 0 amide bonds. The van der Waals surface area contributed by atoms with Crippen molar-refractivity contribution in [2.45, 2.75) is 18.0 Å². The van der Waals surface area contributed by atoms with E-state index >= 15 is 0 Å². The van der Waals surface area contributed by atoms with E-state index in [-0.39, 0.29) is 0 Å². The van der Waals surface area contributed by atoms with E-state index in [1.54, 1.807) is 17.8 Å². The van der Waals surface area contributed by atoms with Crippen molar-refractivity contribution in [3.63, 3.8) is 0 Å². The van der Waals surface area contributed by atoms with Crippen molar-refractivity contribution in [1.29, 1.82) is 0 Å². The SMILES string of the molecule is Cc1ccc(-c2cc(Br)nn2C)cc1SCC(F)(F)F. The average molecular weight is 365 g/mol. The first-order chi connectivity index (χ1) is 9.26. The van der Waals surface area contributed by atoms with E-state index in [4.69, 9.17) is 0 Å². The lowest BCUT2D eigenvalue weighted by molar-refractivity contribution is -0.105. The molecule has 0 unspecified atom stereocenters. The maximum absolute atomic E-state index is 12.3. The topological polar surface area (TPSA) is 17.8 Å². The Morgan fingerprint density at radius 3 is 2.55 bits per heavy atom. The standard InChI is InChI=1S/C13H12BrF3N2S/c1-8-3-4-9(10-6-12(14)18-19(10)2)5-11(8)20-7-13(15,16)17/h3-6H,7H2,1-2H3. The number of thioether (sulfide) groups is 1. The Morgan fingerprint density at radius 2 is 2.00 bits per heavy atom. The van der Waals surface area contributed by atoms with Crippen LogP contribution in [0.4, 0.5) is 13.2 Å². The van der Waals surface area contributed by atoms with Crippen LogP contribution in [0.25, 0.3) is 11.3 Å². The van der Waals surface area contributed by atoms with Crippen LogP contribution in [0.15, 0.2) is 33.8 Å². The van der Waals surface area contributed by atoms with Gasteiger partial charge in [0.1, 0.15) is 4.60 Å². The predicted molar refractivity (Wildman–Crippen MR) is 77.9 cm³/mol. The Kier molecular flexibility index (Phi) is 4.49. The van der Waals surface area contributed by atoms with Gasteiger partial charge in [-0.15, -0.1) is 11.8 Å². The van der Waals surface area contributed by atoms with Crippen molar-refractivity contribution in [2.24, 2.45) is 7.05 Å². The van der Waals surface area contributed by atoms with Crippen LogP contribution in [0, 0.1) is 6.92 Å². The molecule has 0 aliphatic heterocycles.